The number of aliphatic hydroxyl groups is 1. The van der Waals surface area contributed by atoms with Gasteiger partial charge in [-0.1, -0.05) is 5.92 Å². The third-order valence-electron chi connectivity index (χ3n) is 1.65. The van der Waals surface area contributed by atoms with Gasteiger partial charge < -0.3 is 10.4 Å². The molecule has 1 heterocycles. The van der Waals surface area contributed by atoms with Crippen LogP contribution in [-0.2, 0) is 0 Å². The van der Waals surface area contributed by atoms with E-state index in [0.717, 1.165) is 19.4 Å². The van der Waals surface area contributed by atoms with E-state index in [4.69, 9.17) is 11.5 Å². The van der Waals surface area contributed by atoms with E-state index in [1.54, 1.807) is 0 Å². The number of rotatable bonds is 1. The molecule has 0 aromatic heterocycles. The van der Waals surface area contributed by atoms with E-state index in [1.165, 1.54) is 0 Å². The van der Waals surface area contributed by atoms with E-state index in [-0.39, 0.29) is 6.04 Å². The first-order valence-corrected chi connectivity index (χ1v) is 3.22. The molecule has 2 atom stereocenters. The minimum Gasteiger partial charge on any atom is -0.379 e. The predicted octanol–water partition coefficient (Wildman–Crippen LogP) is -0.268. The average molecular weight is 125 g/mol. The van der Waals surface area contributed by atoms with Crippen molar-refractivity contribution in [2.24, 2.45) is 0 Å². The molecule has 0 aliphatic carbocycles. The molecule has 1 fully saturated rings. The van der Waals surface area contributed by atoms with Gasteiger partial charge in [0.05, 0.1) is 0 Å². The van der Waals surface area contributed by atoms with Gasteiger partial charge in [0.1, 0.15) is 6.10 Å². The number of hydrogen-bond donors (Lipinski definition) is 2. The SMILES string of the molecule is C#C[C@@H](O)[C@@H]1CCCN1. The Morgan fingerprint density at radius 1 is 1.78 bits per heavy atom. The first kappa shape index (κ1) is 6.60. The summed E-state index contributed by atoms with van der Waals surface area (Å²) >= 11 is 0. The fourth-order valence-corrected chi connectivity index (χ4v) is 1.10. The Bertz CT molecular complexity index is 121. The normalized spacial score (nSPS) is 29.6. The third kappa shape index (κ3) is 1.44. The summed E-state index contributed by atoms with van der Waals surface area (Å²) in [5, 5.41) is 12.2. The largest absolute Gasteiger partial charge is 0.379 e. The molecule has 0 amide bonds. The van der Waals surface area contributed by atoms with Crippen molar-refractivity contribution in [1.82, 2.24) is 5.32 Å². The molecule has 0 radical (unpaired) electrons. The van der Waals surface area contributed by atoms with E-state index >= 15 is 0 Å². The standard InChI is InChI=1S/C7H11NO/c1-2-7(9)6-4-3-5-8-6/h1,6-9H,3-5H2/t6-,7+/m0/s1. The summed E-state index contributed by atoms with van der Waals surface area (Å²) in [6, 6.07) is 0.148. The molecule has 2 heteroatoms. The Morgan fingerprint density at radius 2 is 2.56 bits per heavy atom. The number of aliphatic hydroxyl groups excluding tert-OH is 1. The summed E-state index contributed by atoms with van der Waals surface area (Å²) in [4.78, 5) is 0. The van der Waals surface area contributed by atoms with Crippen molar-refractivity contribution in [3.05, 3.63) is 0 Å². The summed E-state index contributed by atoms with van der Waals surface area (Å²) in [7, 11) is 0. The van der Waals surface area contributed by atoms with Crippen LogP contribution in [-0.4, -0.2) is 23.8 Å². The lowest BCUT2D eigenvalue weighted by molar-refractivity contribution is 0.190. The maximum Gasteiger partial charge on any atom is 0.129 e. The topological polar surface area (TPSA) is 32.3 Å². The molecular formula is C7H11NO. The molecule has 0 aromatic carbocycles. The van der Waals surface area contributed by atoms with E-state index in [9.17, 15) is 0 Å². The Balaban J connectivity index is 2.34. The highest BCUT2D eigenvalue weighted by atomic mass is 16.3. The minimum absolute atomic E-state index is 0.148. The molecule has 1 aliphatic heterocycles. The first-order valence-electron chi connectivity index (χ1n) is 3.22. The maximum atomic E-state index is 9.06. The lowest BCUT2D eigenvalue weighted by Gasteiger charge is -2.10. The van der Waals surface area contributed by atoms with Gasteiger partial charge in [-0.15, -0.1) is 6.42 Å². The van der Waals surface area contributed by atoms with E-state index in [0.29, 0.717) is 0 Å². The van der Waals surface area contributed by atoms with Gasteiger partial charge in [-0.3, -0.25) is 0 Å². The van der Waals surface area contributed by atoms with Crippen molar-refractivity contribution in [1.29, 1.82) is 0 Å². The highest BCUT2D eigenvalue weighted by Gasteiger charge is 2.19. The Kier molecular flexibility index (Phi) is 2.10. The highest BCUT2D eigenvalue weighted by Crippen LogP contribution is 2.07. The van der Waals surface area contributed by atoms with Crippen LogP contribution in [0.1, 0.15) is 12.8 Å². The second-order valence-electron chi connectivity index (χ2n) is 2.31. The third-order valence-corrected chi connectivity index (χ3v) is 1.65. The summed E-state index contributed by atoms with van der Waals surface area (Å²) in [6.07, 6.45) is 6.56. The van der Waals surface area contributed by atoms with Crippen LogP contribution in [0, 0.1) is 12.3 Å². The van der Waals surface area contributed by atoms with E-state index in [2.05, 4.69) is 11.2 Å². The molecule has 50 valence electrons. The van der Waals surface area contributed by atoms with Gasteiger partial charge >= 0.3 is 0 Å². The van der Waals surface area contributed by atoms with Crippen LogP contribution in [0.2, 0.25) is 0 Å². The molecule has 1 saturated heterocycles. The van der Waals surface area contributed by atoms with Gasteiger partial charge in [-0.05, 0) is 19.4 Å². The molecule has 2 N–H and O–H groups in total. The zero-order chi connectivity index (χ0) is 6.69. The van der Waals surface area contributed by atoms with Crippen LogP contribution in [0.25, 0.3) is 0 Å². The molecule has 0 spiro atoms. The summed E-state index contributed by atoms with van der Waals surface area (Å²) in [5.74, 6) is 2.30. The van der Waals surface area contributed by atoms with Gasteiger partial charge in [0.15, 0.2) is 0 Å². The van der Waals surface area contributed by atoms with Crippen molar-refractivity contribution in [2.45, 2.75) is 25.0 Å². The van der Waals surface area contributed by atoms with E-state index in [1.807, 2.05) is 0 Å². The molecule has 9 heavy (non-hydrogen) atoms. The van der Waals surface area contributed by atoms with Gasteiger partial charge in [-0.2, -0.15) is 0 Å². The zero-order valence-electron chi connectivity index (χ0n) is 5.30. The minimum atomic E-state index is -0.590. The molecule has 1 aliphatic rings. The van der Waals surface area contributed by atoms with Crippen LogP contribution in [0.5, 0.6) is 0 Å². The van der Waals surface area contributed by atoms with Crippen LogP contribution >= 0.6 is 0 Å². The smallest absolute Gasteiger partial charge is 0.129 e. The van der Waals surface area contributed by atoms with Crippen LogP contribution in [0.4, 0.5) is 0 Å². The van der Waals surface area contributed by atoms with Crippen LogP contribution < -0.4 is 5.32 Å². The number of nitrogens with one attached hydrogen (secondary N) is 1. The van der Waals surface area contributed by atoms with Crippen molar-refractivity contribution < 1.29 is 5.11 Å². The van der Waals surface area contributed by atoms with Crippen molar-refractivity contribution in [3.63, 3.8) is 0 Å². The molecule has 0 aromatic rings. The first-order chi connectivity index (χ1) is 4.34. The molecule has 0 unspecified atom stereocenters. The van der Waals surface area contributed by atoms with Crippen molar-refractivity contribution in [3.8, 4) is 12.3 Å². The molecular weight excluding hydrogens is 114 g/mol. The number of terminal acetylenes is 1. The molecule has 0 bridgehead atoms. The monoisotopic (exact) mass is 125 g/mol. The van der Waals surface area contributed by atoms with Crippen LogP contribution in [0.15, 0.2) is 0 Å². The van der Waals surface area contributed by atoms with Gasteiger partial charge in [0.2, 0.25) is 0 Å². The molecule has 1 rings (SSSR count). The van der Waals surface area contributed by atoms with Gasteiger partial charge in [0.25, 0.3) is 0 Å². The highest BCUT2D eigenvalue weighted by molar-refractivity contribution is 5.01. The quantitative estimate of drug-likeness (QED) is 0.473. The molecule has 0 saturated carbocycles. The summed E-state index contributed by atoms with van der Waals surface area (Å²) < 4.78 is 0. The average Bonchev–Trinajstić information content (AvgIpc) is 2.37. The Hall–Kier alpha value is -0.520. The van der Waals surface area contributed by atoms with E-state index < -0.39 is 6.10 Å². The van der Waals surface area contributed by atoms with Crippen molar-refractivity contribution >= 4 is 0 Å². The maximum absolute atomic E-state index is 9.06. The fourth-order valence-electron chi connectivity index (χ4n) is 1.10. The number of hydrogen-bond acceptors (Lipinski definition) is 2. The fraction of sp³-hybridized carbons (Fsp3) is 0.714. The lowest BCUT2D eigenvalue weighted by atomic mass is 10.1. The summed E-state index contributed by atoms with van der Waals surface area (Å²) in [6.45, 7) is 0.989. The summed E-state index contributed by atoms with van der Waals surface area (Å²) in [5.41, 5.74) is 0. The van der Waals surface area contributed by atoms with Crippen molar-refractivity contribution in [2.75, 3.05) is 6.54 Å². The van der Waals surface area contributed by atoms with Crippen LogP contribution in [0.3, 0.4) is 0 Å². The Morgan fingerprint density at radius 3 is 3.00 bits per heavy atom. The van der Waals surface area contributed by atoms with Gasteiger partial charge in [0, 0.05) is 6.04 Å². The second-order valence-corrected chi connectivity index (χ2v) is 2.31. The Labute approximate surface area is 55.3 Å². The lowest BCUT2D eigenvalue weighted by Crippen LogP contribution is -2.33. The predicted molar refractivity (Wildman–Crippen MR) is 35.9 cm³/mol. The second kappa shape index (κ2) is 2.86. The van der Waals surface area contributed by atoms with Gasteiger partial charge in [-0.25, -0.2) is 0 Å². The molecule has 2 nitrogen and oxygen atoms in total. The zero-order valence-corrected chi connectivity index (χ0v) is 5.30.